The number of benzene rings is 2. The fourth-order valence-corrected chi connectivity index (χ4v) is 3.16. The van der Waals surface area contributed by atoms with Crippen molar-refractivity contribution in [1.82, 2.24) is 10.2 Å². The summed E-state index contributed by atoms with van der Waals surface area (Å²) in [6, 6.07) is 8.87. The number of urea groups is 1. The van der Waals surface area contributed by atoms with Crippen LogP contribution in [0.1, 0.15) is 17.5 Å². The Morgan fingerprint density at radius 2 is 2.11 bits per heavy atom. The molecule has 3 amide bonds. The second kappa shape index (κ2) is 7.94. The zero-order chi connectivity index (χ0) is 19.6. The first-order chi connectivity index (χ1) is 12.9. The van der Waals surface area contributed by atoms with Crippen molar-refractivity contribution >= 4 is 39.5 Å². The summed E-state index contributed by atoms with van der Waals surface area (Å²) in [4.78, 5) is 24.4. The molecule has 1 N–H and O–H groups in total. The topological polar surface area (TPSA) is 82.4 Å². The number of rotatable bonds is 4. The minimum absolute atomic E-state index is 0.0203. The molecule has 1 heterocycles. The fourth-order valence-electron chi connectivity index (χ4n) is 2.55. The van der Waals surface area contributed by atoms with Gasteiger partial charge >= 0.3 is 6.03 Å². The Bertz CT molecular complexity index is 977. The lowest BCUT2D eigenvalue weighted by atomic mass is 10.1. The number of amides is 3. The summed E-state index contributed by atoms with van der Waals surface area (Å²) in [6.07, 6.45) is 0.159. The van der Waals surface area contributed by atoms with Crippen LogP contribution >= 0.6 is 27.5 Å². The molecule has 6 nitrogen and oxygen atoms in total. The van der Waals surface area contributed by atoms with E-state index in [1.54, 1.807) is 6.07 Å². The van der Waals surface area contributed by atoms with Crippen LogP contribution < -0.4 is 10.1 Å². The molecule has 27 heavy (non-hydrogen) atoms. The Balaban J connectivity index is 1.88. The van der Waals surface area contributed by atoms with Gasteiger partial charge in [0.1, 0.15) is 5.75 Å². The van der Waals surface area contributed by atoms with E-state index in [0.717, 1.165) is 0 Å². The van der Waals surface area contributed by atoms with Crippen LogP contribution in [0, 0.1) is 17.1 Å². The molecule has 2 aromatic rings. The van der Waals surface area contributed by atoms with E-state index >= 15 is 0 Å². The molecule has 0 spiro atoms. The zero-order valence-electron chi connectivity index (χ0n) is 13.8. The molecule has 1 saturated heterocycles. The van der Waals surface area contributed by atoms with E-state index < -0.39 is 11.8 Å². The second-order valence-corrected chi connectivity index (χ2v) is 7.05. The van der Waals surface area contributed by atoms with Gasteiger partial charge in [0.05, 0.1) is 22.7 Å². The molecule has 0 bridgehead atoms. The van der Waals surface area contributed by atoms with Crippen LogP contribution in [-0.2, 0) is 11.3 Å². The van der Waals surface area contributed by atoms with Gasteiger partial charge in [-0.05, 0) is 40.2 Å². The van der Waals surface area contributed by atoms with E-state index in [4.69, 9.17) is 21.6 Å². The van der Waals surface area contributed by atoms with Crippen molar-refractivity contribution in [2.24, 2.45) is 0 Å². The number of nitriles is 1. The van der Waals surface area contributed by atoms with Crippen molar-refractivity contribution in [2.75, 3.05) is 6.54 Å². The third-order valence-electron chi connectivity index (χ3n) is 3.85. The van der Waals surface area contributed by atoms with Gasteiger partial charge in [-0.1, -0.05) is 17.7 Å². The van der Waals surface area contributed by atoms with Gasteiger partial charge in [0.2, 0.25) is 5.91 Å². The van der Waals surface area contributed by atoms with Crippen molar-refractivity contribution < 1.29 is 18.7 Å². The van der Waals surface area contributed by atoms with Crippen LogP contribution in [0.4, 0.5) is 9.18 Å². The fraction of sp³-hybridized carbons (Fsp3) is 0.167. The van der Waals surface area contributed by atoms with E-state index in [-0.39, 0.29) is 53.1 Å². The number of carbonyl (C=O) groups is 2. The number of nitrogens with zero attached hydrogens (tertiary/aromatic N) is 2. The van der Waals surface area contributed by atoms with Crippen LogP contribution in [0.25, 0.3) is 0 Å². The van der Waals surface area contributed by atoms with E-state index in [2.05, 4.69) is 21.2 Å². The molecule has 9 heteroatoms. The summed E-state index contributed by atoms with van der Waals surface area (Å²) in [6.45, 7) is 0.184. The Hall–Kier alpha value is -2.63. The van der Waals surface area contributed by atoms with Crippen LogP contribution in [0.2, 0.25) is 5.02 Å². The number of hydrogen-bond donors (Lipinski definition) is 1. The summed E-state index contributed by atoms with van der Waals surface area (Å²) in [5, 5.41) is 11.5. The molecule has 1 aliphatic heterocycles. The zero-order valence-corrected chi connectivity index (χ0v) is 16.1. The lowest BCUT2D eigenvalue weighted by Gasteiger charge is -2.27. The van der Waals surface area contributed by atoms with Crippen LogP contribution in [0.5, 0.6) is 11.5 Å². The van der Waals surface area contributed by atoms with Crippen LogP contribution in [0.15, 0.2) is 34.8 Å². The van der Waals surface area contributed by atoms with Crippen molar-refractivity contribution in [1.29, 1.82) is 5.26 Å². The average Bonchev–Trinajstić information content (AvgIpc) is 2.62. The third kappa shape index (κ3) is 4.38. The SMILES string of the molecule is N#Cc1cc(Cl)cc(Oc2c(Br)ccc(CN3CCC(=O)NC3=O)c2F)c1. The van der Waals surface area contributed by atoms with Crippen molar-refractivity contribution in [2.45, 2.75) is 13.0 Å². The number of carbonyl (C=O) groups excluding carboxylic acids is 2. The molecule has 0 aliphatic carbocycles. The highest BCUT2D eigenvalue weighted by atomic mass is 79.9. The molecule has 0 unspecified atom stereocenters. The van der Waals surface area contributed by atoms with Gasteiger partial charge in [-0.3, -0.25) is 10.1 Å². The molecular weight excluding hydrogens is 441 g/mol. The lowest BCUT2D eigenvalue weighted by molar-refractivity contribution is -0.121. The Morgan fingerprint density at radius 1 is 1.33 bits per heavy atom. The molecule has 3 rings (SSSR count). The Morgan fingerprint density at radius 3 is 2.81 bits per heavy atom. The molecule has 1 fully saturated rings. The predicted octanol–water partition coefficient (Wildman–Crippen LogP) is 4.35. The van der Waals surface area contributed by atoms with Gasteiger partial charge in [-0.15, -0.1) is 0 Å². The van der Waals surface area contributed by atoms with Crippen LogP contribution in [0.3, 0.4) is 0 Å². The summed E-state index contributed by atoms with van der Waals surface area (Å²) in [7, 11) is 0. The monoisotopic (exact) mass is 451 g/mol. The van der Waals surface area contributed by atoms with E-state index in [1.165, 1.54) is 29.2 Å². The first-order valence-corrected chi connectivity index (χ1v) is 8.98. The van der Waals surface area contributed by atoms with Gasteiger partial charge in [-0.25, -0.2) is 9.18 Å². The maximum Gasteiger partial charge on any atom is 0.324 e. The quantitative estimate of drug-likeness (QED) is 0.748. The minimum Gasteiger partial charge on any atom is -0.453 e. The van der Waals surface area contributed by atoms with Crippen molar-refractivity contribution in [3.05, 3.63) is 56.8 Å². The summed E-state index contributed by atoms with van der Waals surface area (Å²) < 4.78 is 21.0. The molecular formula is C18H12BrClFN3O3. The molecule has 0 radical (unpaired) electrons. The van der Waals surface area contributed by atoms with Gasteiger partial charge in [0.25, 0.3) is 0 Å². The standard InChI is InChI=1S/C18H12BrClFN3O3/c19-14-2-1-11(9-24-4-3-15(25)23-18(24)26)16(21)17(14)27-13-6-10(8-22)5-12(20)7-13/h1-2,5-7H,3-4,9H2,(H,23,25,26). The highest BCUT2D eigenvalue weighted by Gasteiger charge is 2.25. The lowest BCUT2D eigenvalue weighted by Crippen LogP contribution is -2.48. The van der Waals surface area contributed by atoms with Crippen molar-refractivity contribution in [3.8, 4) is 17.6 Å². The molecule has 2 aromatic carbocycles. The van der Waals surface area contributed by atoms with Gasteiger partial charge in [0.15, 0.2) is 11.6 Å². The van der Waals surface area contributed by atoms with E-state index in [1.807, 2.05) is 6.07 Å². The Kier molecular flexibility index (Phi) is 5.63. The van der Waals surface area contributed by atoms with Crippen LogP contribution in [-0.4, -0.2) is 23.4 Å². The van der Waals surface area contributed by atoms with Gasteiger partial charge in [0, 0.05) is 23.6 Å². The number of halogens is 3. The largest absolute Gasteiger partial charge is 0.453 e. The summed E-state index contributed by atoms with van der Waals surface area (Å²) >= 11 is 9.18. The van der Waals surface area contributed by atoms with Crippen molar-refractivity contribution in [3.63, 3.8) is 0 Å². The number of hydrogen-bond acceptors (Lipinski definition) is 4. The van der Waals surface area contributed by atoms with Gasteiger partial charge in [-0.2, -0.15) is 5.26 Å². The number of imide groups is 1. The molecule has 1 aliphatic rings. The number of nitrogens with one attached hydrogen (secondary N) is 1. The first-order valence-electron chi connectivity index (χ1n) is 7.81. The highest BCUT2D eigenvalue weighted by Crippen LogP contribution is 2.35. The molecule has 0 atom stereocenters. The summed E-state index contributed by atoms with van der Waals surface area (Å²) in [5.41, 5.74) is 0.500. The van der Waals surface area contributed by atoms with Gasteiger partial charge < -0.3 is 9.64 Å². The van der Waals surface area contributed by atoms with E-state index in [0.29, 0.717) is 4.47 Å². The molecule has 0 aromatic heterocycles. The number of ether oxygens (including phenoxy) is 1. The summed E-state index contributed by atoms with van der Waals surface area (Å²) in [5.74, 6) is -0.900. The maximum atomic E-state index is 15.0. The normalized spacial score (nSPS) is 13.9. The molecule has 138 valence electrons. The second-order valence-electron chi connectivity index (χ2n) is 5.76. The Labute approximate surface area is 167 Å². The minimum atomic E-state index is -0.660. The maximum absolute atomic E-state index is 15.0. The molecule has 0 saturated carbocycles. The third-order valence-corrected chi connectivity index (χ3v) is 4.70. The predicted molar refractivity (Wildman–Crippen MR) is 98.9 cm³/mol. The average molecular weight is 453 g/mol. The van der Waals surface area contributed by atoms with E-state index in [9.17, 15) is 14.0 Å². The highest BCUT2D eigenvalue weighted by molar-refractivity contribution is 9.10. The first kappa shape index (κ1) is 19.1. The smallest absolute Gasteiger partial charge is 0.324 e.